The van der Waals surface area contributed by atoms with Crippen molar-refractivity contribution in [2.45, 2.75) is 24.5 Å². The standard InChI is InChI=1S/C28H26N2O4/c1-34-27(33)28(17-19-11-5-2-6-12-19)23-22(24(29-28)21-15-9-4-10-16-21)25(31)30(26(23)32)18-20-13-7-3-8-14-20/h2-16,22-24,29H,17-18H2,1H3. The number of fused-ring (bicyclic) bond motifs is 1. The molecule has 2 heterocycles. The molecule has 0 bridgehead atoms. The van der Waals surface area contributed by atoms with E-state index >= 15 is 0 Å². The average molecular weight is 455 g/mol. The van der Waals surface area contributed by atoms with Crippen LogP contribution in [0.5, 0.6) is 0 Å². The molecule has 4 atom stereocenters. The van der Waals surface area contributed by atoms with Crippen molar-refractivity contribution in [2.75, 3.05) is 7.11 Å². The number of benzene rings is 3. The van der Waals surface area contributed by atoms with E-state index in [0.29, 0.717) is 0 Å². The Bertz CT molecular complexity index is 1200. The van der Waals surface area contributed by atoms with E-state index in [2.05, 4.69) is 5.32 Å². The van der Waals surface area contributed by atoms with Crippen LogP contribution in [0.1, 0.15) is 22.7 Å². The molecule has 6 heteroatoms. The molecule has 2 saturated heterocycles. The maximum Gasteiger partial charge on any atom is 0.327 e. The molecule has 0 aromatic heterocycles. The second-order valence-corrected chi connectivity index (χ2v) is 8.91. The van der Waals surface area contributed by atoms with Crippen LogP contribution >= 0.6 is 0 Å². The van der Waals surface area contributed by atoms with Crippen molar-refractivity contribution >= 4 is 17.8 Å². The number of esters is 1. The van der Waals surface area contributed by atoms with Crippen molar-refractivity contribution in [3.63, 3.8) is 0 Å². The van der Waals surface area contributed by atoms with Gasteiger partial charge in [-0.05, 0) is 16.7 Å². The molecular formula is C28H26N2O4. The molecule has 0 spiro atoms. The van der Waals surface area contributed by atoms with E-state index in [1.54, 1.807) is 0 Å². The summed E-state index contributed by atoms with van der Waals surface area (Å²) in [5.74, 6) is -2.72. The molecule has 3 aromatic carbocycles. The quantitative estimate of drug-likeness (QED) is 0.457. The first-order valence-electron chi connectivity index (χ1n) is 11.4. The Morgan fingerprint density at radius 2 is 1.41 bits per heavy atom. The highest BCUT2D eigenvalue weighted by atomic mass is 16.5. The first-order chi connectivity index (χ1) is 16.5. The topological polar surface area (TPSA) is 75.7 Å². The summed E-state index contributed by atoms with van der Waals surface area (Å²) in [6.07, 6.45) is 0.239. The summed E-state index contributed by atoms with van der Waals surface area (Å²) in [5.41, 5.74) is 1.24. The third-order valence-electron chi connectivity index (χ3n) is 6.96. The van der Waals surface area contributed by atoms with Crippen LogP contribution in [-0.2, 0) is 32.1 Å². The van der Waals surface area contributed by atoms with Gasteiger partial charge in [0.05, 0.1) is 25.5 Å². The lowest BCUT2D eigenvalue weighted by Gasteiger charge is -2.32. The van der Waals surface area contributed by atoms with Crippen LogP contribution in [0.25, 0.3) is 0 Å². The minimum Gasteiger partial charge on any atom is -0.468 e. The van der Waals surface area contributed by atoms with Crippen molar-refractivity contribution in [1.29, 1.82) is 0 Å². The predicted molar refractivity (Wildman–Crippen MR) is 126 cm³/mol. The molecule has 34 heavy (non-hydrogen) atoms. The summed E-state index contributed by atoms with van der Waals surface area (Å²) in [7, 11) is 1.32. The Labute approximate surface area is 198 Å². The third-order valence-corrected chi connectivity index (χ3v) is 6.96. The summed E-state index contributed by atoms with van der Waals surface area (Å²) in [4.78, 5) is 42.3. The fourth-order valence-electron chi connectivity index (χ4n) is 5.45. The normalized spacial score (nSPS) is 25.9. The molecule has 0 aliphatic carbocycles. The van der Waals surface area contributed by atoms with Crippen molar-refractivity contribution < 1.29 is 19.1 Å². The maximum atomic E-state index is 13.9. The van der Waals surface area contributed by atoms with Gasteiger partial charge in [0.15, 0.2) is 0 Å². The monoisotopic (exact) mass is 454 g/mol. The van der Waals surface area contributed by atoms with Crippen LogP contribution in [0, 0.1) is 11.8 Å². The Hall–Kier alpha value is -3.77. The van der Waals surface area contributed by atoms with Crippen LogP contribution in [0.15, 0.2) is 91.0 Å². The van der Waals surface area contributed by atoms with Crippen LogP contribution in [-0.4, -0.2) is 35.3 Å². The average Bonchev–Trinajstić information content (AvgIpc) is 3.35. The molecule has 4 unspecified atom stereocenters. The van der Waals surface area contributed by atoms with Gasteiger partial charge in [0, 0.05) is 12.5 Å². The SMILES string of the molecule is COC(=O)C1(Cc2ccccc2)NC(c2ccccc2)C2C(=O)N(Cc3ccccc3)C(=O)C21. The number of carbonyl (C=O) groups is 3. The molecule has 6 nitrogen and oxygen atoms in total. The van der Waals surface area contributed by atoms with Gasteiger partial charge < -0.3 is 4.74 Å². The number of amides is 2. The number of methoxy groups -OCH3 is 1. The van der Waals surface area contributed by atoms with E-state index in [9.17, 15) is 14.4 Å². The molecule has 2 fully saturated rings. The summed E-state index contributed by atoms with van der Waals surface area (Å²) >= 11 is 0. The Kier molecular flexibility index (Phi) is 5.75. The zero-order valence-corrected chi connectivity index (χ0v) is 18.9. The number of hydrogen-bond acceptors (Lipinski definition) is 5. The van der Waals surface area contributed by atoms with Crippen molar-refractivity contribution in [3.8, 4) is 0 Å². The van der Waals surface area contributed by atoms with Gasteiger partial charge in [0.25, 0.3) is 0 Å². The fraction of sp³-hybridized carbons (Fsp3) is 0.250. The Morgan fingerprint density at radius 3 is 2.00 bits per heavy atom. The van der Waals surface area contributed by atoms with E-state index in [4.69, 9.17) is 4.74 Å². The van der Waals surface area contributed by atoms with Gasteiger partial charge in [-0.15, -0.1) is 0 Å². The number of likely N-dealkylation sites (tertiary alicyclic amines) is 1. The highest BCUT2D eigenvalue weighted by molar-refractivity contribution is 6.09. The zero-order valence-electron chi connectivity index (χ0n) is 18.9. The van der Waals surface area contributed by atoms with E-state index in [-0.39, 0.29) is 24.8 Å². The van der Waals surface area contributed by atoms with Gasteiger partial charge in [0.1, 0.15) is 5.54 Å². The molecule has 0 radical (unpaired) electrons. The van der Waals surface area contributed by atoms with Crippen molar-refractivity contribution in [1.82, 2.24) is 10.2 Å². The third kappa shape index (κ3) is 3.60. The van der Waals surface area contributed by atoms with E-state index in [1.807, 2.05) is 91.0 Å². The first kappa shape index (κ1) is 22.0. The largest absolute Gasteiger partial charge is 0.468 e. The van der Waals surface area contributed by atoms with Crippen molar-refractivity contribution in [2.24, 2.45) is 11.8 Å². The summed E-state index contributed by atoms with van der Waals surface area (Å²) in [6.45, 7) is 0.176. The number of nitrogens with one attached hydrogen (secondary N) is 1. The molecule has 1 N–H and O–H groups in total. The smallest absolute Gasteiger partial charge is 0.327 e. The number of ether oxygens (including phenoxy) is 1. The molecule has 5 rings (SSSR count). The van der Waals surface area contributed by atoms with Crippen LogP contribution in [0.4, 0.5) is 0 Å². The summed E-state index contributed by atoms with van der Waals surface area (Å²) < 4.78 is 5.26. The van der Waals surface area contributed by atoms with E-state index < -0.39 is 29.4 Å². The summed E-state index contributed by atoms with van der Waals surface area (Å²) in [6, 6.07) is 28.0. The van der Waals surface area contributed by atoms with Gasteiger partial charge in [0.2, 0.25) is 11.8 Å². The lowest BCUT2D eigenvalue weighted by molar-refractivity contribution is -0.154. The minimum atomic E-state index is -1.36. The van der Waals surface area contributed by atoms with Gasteiger partial charge in [-0.1, -0.05) is 91.0 Å². The van der Waals surface area contributed by atoms with Crippen LogP contribution in [0.2, 0.25) is 0 Å². The molecule has 2 aliphatic heterocycles. The zero-order chi connectivity index (χ0) is 23.7. The Balaban J connectivity index is 1.61. The lowest BCUT2D eigenvalue weighted by Crippen LogP contribution is -2.57. The molecule has 0 saturated carbocycles. The van der Waals surface area contributed by atoms with Crippen LogP contribution < -0.4 is 5.32 Å². The van der Waals surface area contributed by atoms with E-state index in [1.165, 1.54) is 12.0 Å². The molecular weight excluding hydrogens is 428 g/mol. The second kappa shape index (κ2) is 8.88. The number of imide groups is 1. The number of nitrogens with zero attached hydrogens (tertiary/aromatic N) is 1. The predicted octanol–water partition coefficient (Wildman–Crippen LogP) is 3.29. The molecule has 172 valence electrons. The highest BCUT2D eigenvalue weighted by Gasteiger charge is 2.68. The summed E-state index contributed by atoms with van der Waals surface area (Å²) in [5, 5.41) is 3.42. The fourth-order valence-corrected chi connectivity index (χ4v) is 5.45. The molecule has 3 aromatic rings. The van der Waals surface area contributed by atoms with Gasteiger partial charge in [-0.2, -0.15) is 0 Å². The minimum absolute atomic E-state index is 0.176. The van der Waals surface area contributed by atoms with E-state index in [0.717, 1.165) is 16.7 Å². The molecule has 2 aliphatic rings. The lowest BCUT2D eigenvalue weighted by atomic mass is 9.76. The maximum absolute atomic E-state index is 13.9. The second-order valence-electron chi connectivity index (χ2n) is 8.91. The Morgan fingerprint density at radius 1 is 0.853 bits per heavy atom. The number of hydrogen-bond donors (Lipinski definition) is 1. The molecule has 2 amide bonds. The van der Waals surface area contributed by atoms with Gasteiger partial charge >= 0.3 is 5.97 Å². The van der Waals surface area contributed by atoms with Gasteiger partial charge in [-0.25, -0.2) is 0 Å². The van der Waals surface area contributed by atoms with Crippen LogP contribution in [0.3, 0.4) is 0 Å². The number of carbonyl (C=O) groups excluding carboxylic acids is 3. The van der Waals surface area contributed by atoms with Gasteiger partial charge in [-0.3, -0.25) is 24.6 Å². The van der Waals surface area contributed by atoms with Crippen molar-refractivity contribution in [3.05, 3.63) is 108 Å². The first-order valence-corrected chi connectivity index (χ1v) is 11.4. The highest BCUT2D eigenvalue weighted by Crippen LogP contribution is 2.50. The number of rotatable bonds is 6.